The molecule has 0 amide bonds. The summed E-state index contributed by atoms with van der Waals surface area (Å²) < 4.78 is 5.26. The minimum atomic E-state index is 0.431. The summed E-state index contributed by atoms with van der Waals surface area (Å²) in [6, 6.07) is 12.7. The zero-order valence-electron chi connectivity index (χ0n) is 12.8. The Morgan fingerprint density at radius 2 is 1.76 bits per heavy atom. The molecule has 1 heterocycles. The summed E-state index contributed by atoms with van der Waals surface area (Å²) in [7, 11) is 1.70. The lowest BCUT2D eigenvalue weighted by molar-refractivity contribution is 0.415. The van der Waals surface area contributed by atoms with E-state index in [1.165, 1.54) is 20.8 Å². The Bertz CT molecular complexity index is 600. The average Bonchev–Trinajstić information content (AvgIpc) is 2.93. The summed E-state index contributed by atoms with van der Waals surface area (Å²) in [5.41, 5.74) is 2.62. The van der Waals surface area contributed by atoms with E-state index >= 15 is 0 Å². The molecule has 0 unspecified atom stereocenters. The maximum atomic E-state index is 5.26. The zero-order valence-corrected chi connectivity index (χ0v) is 15.2. The van der Waals surface area contributed by atoms with E-state index in [1.54, 1.807) is 7.11 Å². The van der Waals surface area contributed by atoms with Gasteiger partial charge in [-0.15, -0.1) is 11.3 Å². The number of ether oxygens (including phenoxy) is 1. The van der Waals surface area contributed by atoms with Gasteiger partial charge in [-0.1, -0.05) is 12.1 Å². The second-order valence-electron chi connectivity index (χ2n) is 4.58. The Balaban J connectivity index is 2.41. The third-order valence-electron chi connectivity index (χ3n) is 3.16. The van der Waals surface area contributed by atoms with E-state index in [1.807, 2.05) is 46.7 Å². The van der Waals surface area contributed by atoms with Crippen molar-refractivity contribution in [1.82, 2.24) is 0 Å². The first-order valence-corrected chi connectivity index (χ1v) is 10.0. The predicted molar refractivity (Wildman–Crippen MR) is 103 cm³/mol. The quantitative estimate of drug-likeness (QED) is 0.658. The summed E-state index contributed by atoms with van der Waals surface area (Å²) >= 11 is 5.59. The summed E-state index contributed by atoms with van der Waals surface area (Å²) in [6.45, 7) is 2.15. The van der Waals surface area contributed by atoms with Gasteiger partial charge in [0, 0.05) is 9.75 Å². The molecule has 0 aliphatic carbocycles. The highest BCUT2D eigenvalue weighted by Gasteiger charge is 2.19. The van der Waals surface area contributed by atoms with Gasteiger partial charge in [-0.2, -0.15) is 23.2 Å². The Kier molecular flexibility index (Phi) is 6.33. The van der Waals surface area contributed by atoms with E-state index in [-0.39, 0.29) is 0 Å². The Morgan fingerprint density at radius 1 is 1.10 bits per heavy atom. The van der Waals surface area contributed by atoms with E-state index in [9.17, 15) is 0 Å². The highest BCUT2D eigenvalue weighted by molar-refractivity contribution is 8.55. The molecule has 1 aromatic heterocycles. The Hall–Kier alpha value is -0.775. The third-order valence-corrected chi connectivity index (χ3v) is 6.63. The van der Waals surface area contributed by atoms with Crippen LogP contribution in [-0.2, 0) is 0 Å². The van der Waals surface area contributed by atoms with E-state index in [0.29, 0.717) is 5.27 Å². The van der Waals surface area contributed by atoms with E-state index in [4.69, 9.17) is 4.74 Å². The number of methoxy groups -OCH3 is 1. The van der Waals surface area contributed by atoms with Crippen molar-refractivity contribution < 1.29 is 4.74 Å². The van der Waals surface area contributed by atoms with Crippen LogP contribution in [0.5, 0.6) is 5.75 Å². The van der Waals surface area contributed by atoms with Crippen molar-refractivity contribution in [2.45, 2.75) is 6.92 Å². The van der Waals surface area contributed by atoms with Gasteiger partial charge < -0.3 is 4.74 Å². The summed E-state index contributed by atoms with van der Waals surface area (Å²) in [6.07, 6.45) is 6.65. The fraction of sp³-hybridized carbons (Fsp3) is 0.250. The number of thiophene rings is 1. The van der Waals surface area contributed by atoms with Crippen molar-refractivity contribution in [3.63, 3.8) is 0 Å². The second-order valence-corrected chi connectivity index (χ2v) is 8.08. The molecule has 0 radical (unpaired) electrons. The molecule has 1 aromatic carbocycles. The van der Waals surface area contributed by atoms with E-state index in [2.05, 4.69) is 49.8 Å². The maximum Gasteiger partial charge on any atom is 0.307 e. The van der Waals surface area contributed by atoms with Gasteiger partial charge in [0.05, 0.1) is 7.11 Å². The van der Waals surface area contributed by atoms with Crippen LogP contribution < -0.4 is 4.74 Å². The number of benzene rings is 1. The van der Waals surface area contributed by atoms with Crippen LogP contribution >= 0.6 is 34.6 Å². The molecular weight excluding hydrogens is 315 g/mol. The van der Waals surface area contributed by atoms with Crippen molar-refractivity contribution in [3.8, 4) is 5.75 Å². The molecule has 2 aromatic rings. The minimum absolute atomic E-state index is 0.431. The van der Waals surface area contributed by atoms with Gasteiger partial charge >= 0.3 is 5.27 Å². The highest BCUT2D eigenvalue weighted by Crippen LogP contribution is 2.33. The molecule has 0 atom stereocenters. The molecule has 0 aliphatic rings. The van der Waals surface area contributed by atoms with Gasteiger partial charge in [0.15, 0.2) is 0 Å². The number of aryl methyl sites for hydroxylation is 1. The van der Waals surface area contributed by atoms with Crippen molar-refractivity contribution in [2.75, 3.05) is 19.6 Å². The zero-order chi connectivity index (χ0) is 15.2. The largest absolute Gasteiger partial charge is 0.497 e. The van der Waals surface area contributed by atoms with Gasteiger partial charge in [-0.3, -0.25) is 0 Å². The molecular formula is C16H19BOS3. The molecule has 110 valence electrons. The number of hydrogen-bond donors (Lipinski definition) is 0. The molecule has 0 spiro atoms. The van der Waals surface area contributed by atoms with Crippen molar-refractivity contribution in [3.05, 3.63) is 51.7 Å². The van der Waals surface area contributed by atoms with E-state index in [0.717, 1.165) is 5.75 Å². The van der Waals surface area contributed by atoms with Crippen LogP contribution in [0.1, 0.15) is 15.3 Å². The molecule has 5 heteroatoms. The van der Waals surface area contributed by atoms with Gasteiger partial charge in [0.25, 0.3) is 0 Å². The van der Waals surface area contributed by atoms with Crippen molar-refractivity contribution >= 4 is 51.4 Å². The Morgan fingerprint density at radius 3 is 2.24 bits per heavy atom. The smallest absolute Gasteiger partial charge is 0.307 e. The monoisotopic (exact) mass is 334 g/mol. The lowest BCUT2D eigenvalue weighted by Gasteiger charge is -2.14. The first kappa shape index (κ1) is 16.6. The second kappa shape index (κ2) is 8.02. The maximum absolute atomic E-state index is 5.26. The lowest BCUT2D eigenvalue weighted by Crippen LogP contribution is -2.06. The molecule has 1 nitrogen and oxygen atoms in total. The average molecular weight is 334 g/mol. The lowest BCUT2D eigenvalue weighted by atomic mass is 9.84. The van der Waals surface area contributed by atoms with Crippen molar-refractivity contribution in [1.29, 1.82) is 0 Å². The first-order chi connectivity index (χ1) is 10.2. The summed E-state index contributed by atoms with van der Waals surface area (Å²) in [5.74, 6) is 0.898. The van der Waals surface area contributed by atoms with Gasteiger partial charge in [0.2, 0.25) is 0 Å². The molecule has 0 bridgehead atoms. The molecule has 21 heavy (non-hydrogen) atoms. The molecule has 0 saturated heterocycles. The standard InChI is InChI=1S/C16H19BOS3/c1-12-5-10-15(21-12)11-16(17(19-3)20-4)13-6-8-14(18-2)9-7-13/h5-11H,1-4H3/b16-11-. The van der Waals surface area contributed by atoms with Crippen LogP contribution in [0.15, 0.2) is 36.4 Å². The van der Waals surface area contributed by atoms with Gasteiger partial charge in [-0.25, -0.2) is 0 Å². The molecule has 0 saturated carbocycles. The fourth-order valence-corrected chi connectivity index (χ4v) is 4.62. The number of rotatable bonds is 6. The topological polar surface area (TPSA) is 9.23 Å². The third kappa shape index (κ3) is 4.35. The van der Waals surface area contributed by atoms with Crippen LogP contribution in [0.25, 0.3) is 11.5 Å². The molecule has 0 fully saturated rings. The van der Waals surface area contributed by atoms with Crippen LogP contribution in [0.4, 0.5) is 0 Å². The minimum Gasteiger partial charge on any atom is -0.497 e. The van der Waals surface area contributed by atoms with Crippen LogP contribution in [0, 0.1) is 6.92 Å². The molecule has 0 N–H and O–H groups in total. The SMILES string of the molecule is COc1ccc(/C(=C/c2ccc(C)s2)B(SC)SC)cc1. The fourth-order valence-electron chi connectivity index (χ4n) is 2.11. The highest BCUT2D eigenvalue weighted by atomic mass is 32.2. The van der Waals surface area contributed by atoms with Gasteiger partial charge in [0.1, 0.15) is 5.75 Å². The number of hydrogen-bond acceptors (Lipinski definition) is 4. The Labute approximate surface area is 140 Å². The van der Waals surface area contributed by atoms with Gasteiger partial charge in [-0.05, 0) is 60.8 Å². The molecule has 2 rings (SSSR count). The van der Waals surface area contributed by atoms with Crippen molar-refractivity contribution in [2.24, 2.45) is 0 Å². The summed E-state index contributed by atoms with van der Waals surface area (Å²) in [4.78, 5) is 2.66. The first-order valence-electron chi connectivity index (χ1n) is 6.66. The normalized spacial score (nSPS) is 11.5. The van der Waals surface area contributed by atoms with Crippen LogP contribution in [-0.4, -0.2) is 24.9 Å². The van der Waals surface area contributed by atoms with Crippen LogP contribution in [0.3, 0.4) is 0 Å². The predicted octanol–water partition coefficient (Wildman–Crippen LogP) is 5.36. The van der Waals surface area contributed by atoms with Crippen LogP contribution in [0.2, 0.25) is 0 Å². The van der Waals surface area contributed by atoms with E-state index < -0.39 is 0 Å². The summed E-state index contributed by atoms with van der Waals surface area (Å²) in [5, 5.41) is 0.431. The molecule has 0 aliphatic heterocycles.